The number of nitrogens with one attached hydrogen (secondary N) is 2. The third-order valence-electron chi connectivity index (χ3n) is 2.91. The quantitative estimate of drug-likeness (QED) is 0.754. The summed E-state index contributed by atoms with van der Waals surface area (Å²) < 4.78 is 25.4. The van der Waals surface area contributed by atoms with Crippen molar-refractivity contribution < 1.29 is 13.2 Å². The van der Waals surface area contributed by atoms with Gasteiger partial charge in [0.05, 0.1) is 4.90 Å². The number of hydrogen-bond acceptors (Lipinski definition) is 3. The van der Waals surface area contributed by atoms with Gasteiger partial charge in [-0.05, 0) is 43.2 Å². The molecule has 0 radical (unpaired) electrons. The van der Waals surface area contributed by atoms with Crippen LogP contribution in [0.4, 0.5) is 0 Å². The lowest BCUT2D eigenvalue weighted by molar-refractivity contribution is -0.116. The smallest absolute Gasteiger partial charge is 0.243 e. The normalized spacial score (nSPS) is 12.0. The van der Waals surface area contributed by atoms with E-state index in [0.29, 0.717) is 12.5 Å². The van der Waals surface area contributed by atoms with Gasteiger partial charge in [0.15, 0.2) is 0 Å². The number of carbonyl (C=O) groups is 1. The Bertz CT molecular complexity index is 590. The highest BCUT2D eigenvalue weighted by molar-refractivity contribution is 7.89. The number of sulfonamides is 1. The first-order valence-electron chi connectivity index (χ1n) is 6.84. The molecule has 0 aromatic heterocycles. The van der Waals surface area contributed by atoms with Crippen LogP contribution in [0.5, 0.6) is 0 Å². The summed E-state index contributed by atoms with van der Waals surface area (Å²) in [5.41, 5.74) is 0.768. The molecule has 0 heterocycles. The van der Waals surface area contributed by atoms with Crippen LogP contribution < -0.4 is 10.0 Å². The minimum absolute atomic E-state index is 0.150. The maximum absolute atomic E-state index is 11.6. The van der Waals surface area contributed by atoms with Gasteiger partial charge in [0.2, 0.25) is 15.9 Å². The van der Waals surface area contributed by atoms with Crippen molar-refractivity contribution in [2.75, 3.05) is 13.6 Å². The molecule has 0 fully saturated rings. The standard InChI is InChI=1S/C15H22N2O3S/c1-12(2)10-11-17-15(18)9-6-13-4-7-14(8-5-13)21(19,20)16-3/h4-9,12,16H,10-11H2,1-3H3,(H,17,18)/b9-6+. The molecule has 1 amide bonds. The van der Waals surface area contributed by atoms with E-state index in [0.717, 1.165) is 12.0 Å². The summed E-state index contributed by atoms with van der Waals surface area (Å²) >= 11 is 0. The van der Waals surface area contributed by atoms with E-state index in [9.17, 15) is 13.2 Å². The molecule has 21 heavy (non-hydrogen) atoms. The topological polar surface area (TPSA) is 75.3 Å². The van der Waals surface area contributed by atoms with E-state index in [4.69, 9.17) is 0 Å². The SMILES string of the molecule is CNS(=O)(=O)c1ccc(/C=C/C(=O)NCCC(C)C)cc1. The van der Waals surface area contributed by atoms with Crippen molar-refractivity contribution in [2.24, 2.45) is 5.92 Å². The van der Waals surface area contributed by atoms with E-state index in [2.05, 4.69) is 23.9 Å². The summed E-state index contributed by atoms with van der Waals surface area (Å²) in [4.78, 5) is 11.8. The van der Waals surface area contributed by atoms with E-state index in [1.165, 1.54) is 25.3 Å². The van der Waals surface area contributed by atoms with Crippen molar-refractivity contribution in [1.82, 2.24) is 10.0 Å². The van der Waals surface area contributed by atoms with Gasteiger partial charge in [0.1, 0.15) is 0 Å². The third-order valence-corrected chi connectivity index (χ3v) is 4.34. The first-order chi connectivity index (χ1) is 9.85. The monoisotopic (exact) mass is 310 g/mol. The van der Waals surface area contributed by atoms with Gasteiger partial charge < -0.3 is 5.32 Å². The number of amides is 1. The van der Waals surface area contributed by atoms with Gasteiger partial charge in [-0.15, -0.1) is 0 Å². The maximum atomic E-state index is 11.6. The van der Waals surface area contributed by atoms with Crippen LogP contribution in [0.3, 0.4) is 0 Å². The number of benzene rings is 1. The van der Waals surface area contributed by atoms with Crippen LogP contribution in [0, 0.1) is 5.92 Å². The Morgan fingerprint density at radius 2 is 1.86 bits per heavy atom. The molecule has 1 aromatic rings. The van der Waals surface area contributed by atoms with E-state index < -0.39 is 10.0 Å². The molecule has 5 nitrogen and oxygen atoms in total. The minimum Gasteiger partial charge on any atom is -0.353 e. The Hall–Kier alpha value is -1.66. The van der Waals surface area contributed by atoms with Crippen molar-refractivity contribution in [3.05, 3.63) is 35.9 Å². The maximum Gasteiger partial charge on any atom is 0.243 e. The molecular formula is C15H22N2O3S. The van der Waals surface area contributed by atoms with E-state index >= 15 is 0 Å². The number of hydrogen-bond donors (Lipinski definition) is 2. The van der Waals surface area contributed by atoms with Crippen LogP contribution in [-0.2, 0) is 14.8 Å². The average Bonchev–Trinajstić information content (AvgIpc) is 2.45. The second-order valence-electron chi connectivity index (χ2n) is 5.08. The Morgan fingerprint density at radius 1 is 1.24 bits per heavy atom. The Morgan fingerprint density at radius 3 is 2.38 bits per heavy atom. The summed E-state index contributed by atoms with van der Waals surface area (Å²) in [6.45, 7) is 4.85. The molecule has 0 saturated carbocycles. The molecule has 0 aliphatic heterocycles. The van der Waals surface area contributed by atoms with Gasteiger partial charge in [0, 0.05) is 12.6 Å². The van der Waals surface area contributed by atoms with Crippen LogP contribution in [0.15, 0.2) is 35.2 Å². The Labute approximate surface area is 126 Å². The molecular weight excluding hydrogens is 288 g/mol. The van der Waals surface area contributed by atoms with Crippen molar-refractivity contribution in [3.63, 3.8) is 0 Å². The van der Waals surface area contributed by atoms with E-state index in [-0.39, 0.29) is 10.8 Å². The van der Waals surface area contributed by atoms with Crippen molar-refractivity contribution >= 4 is 22.0 Å². The molecule has 0 spiro atoms. The van der Waals surface area contributed by atoms with Crippen LogP contribution in [0.1, 0.15) is 25.8 Å². The van der Waals surface area contributed by atoms with Gasteiger partial charge in [0.25, 0.3) is 0 Å². The molecule has 0 atom stereocenters. The van der Waals surface area contributed by atoms with E-state index in [1.54, 1.807) is 18.2 Å². The van der Waals surface area contributed by atoms with Gasteiger partial charge >= 0.3 is 0 Å². The molecule has 2 N–H and O–H groups in total. The number of rotatable bonds is 7. The van der Waals surface area contributed by atoms with Gasteiger partial charge in [-0.25, -0.2) is 13.1 Å². The molecule has 0 saturated heterocycles. The van der Waals surface area contributed by atoms with Crippen LogP contribution in [-0.4, -0.2) is 27.9 Å². The molecule has 0 bridgehead atoms. The Balaban J connectivity index is 2.59. The van der Waals surface area contributed by atoms with Crippen LogP contribution in [0.25, 0.3) is 6.08 Å². The summed E-state index contributed by atoms with van der Waals surface area (Å²) in [7, 11) is -2.05. The van der Waals surface area contributed by atoms with Crippen molar-refractivity contribution in [3.8, 4) is 0 Å². The van der Waals surface area contributed by atoms with Gasteiger partial charge in [-0.3, -0.25) is 4.79 Å². The molecule has 116 valence electrons. The average molecular weight is 310 g/mol. The fourth-order valence-corrected chi connectivity index (χ4v) is 2.32. The minimum atomic E-state index is -3.42. The molecule has 1 rings (SSSR count). The fraction of sp³-hybridized carbons (Fsp3) is 0.400. The molecule has 1 aromatic carbocycles. The molecule has 0 aliphatic carbocycles. The first kappa shape index (κ1) is 17.4. The van der Waals surface area contributed by atoms with E-state index in [1.807, 2.05) is 0 Å². The highest BCUT2D eigenvalue weighted by Gasteiger charge is 2.09. The highest BCUT2D eigenvalue weighted by atomic mass is 32.2. The van der Waals surface area contributed by atoms with Gasteiger partial charge in [-0.1, -0.05) is 26.0 Å². The summed E-state index contributed by atoms with van der Waals surface area (Å²) in [6.07, 6.45) is 4.04. The van der Waals surface area contributed by atoms with Crippen LogP contribution >= 0.6 is 0 Å². The zero-order valence-electron chi connectivity index (χ0n) is 12.6. The van der Waals surface area contributed by atoms with Crippen LogP contribution in [0.2, 0.25) is 0 Å². The molecule has 6 heteroatoms. The molecule has 0 unspecified atom stereocenters. The summed E-state index contributed by atoms with van der Waals surface area (Å²) in [6, 6.07) is 6.31. The largest absolute Gasteiger partial charge is 0.353 e. The third kappa shape index (κ3) is 6.10. The Kier molecular flexibility index (Phi) is 6.58. The fourth-order valence-electron chi connectivity index (χ4n) is 1.59. The van der Waals surface area contributed by atoms with Crippen molar-refractivity contribution in [2.45, 2.75) is 25.2 Å². The van der Waals surface area contributed by atoms with Crippen molar-refractivity contribution in [1.29, 1.82) is 0 Å². The zero-order chi connectivity index (χ0) is 15.9. The second kappa shape index (κ2) is 7.95. The summed E-state index contributed by atoms with van der Waals surface area (Å²) in [5, 5.41) is 2.80. The first-order valence-corrected chi connectivity index (χ1v) is 8.33. The highest BCUT2D eigenvalue weighted by Crippen LogP contribution is 2.11. The lowest BCUT2D eigenvalue weighted by atomic mass is 10.1. The van der Waals surface area contributed by atoms with Gasteiger partial charge in [-0.2, -0.15) is 0 Å². The predicted molar refractivity (Wildman–Crippen MR) is 84.2 cm³/mol. The lowest BCUT2D eigenvalue weighted by Gasteiger charge is -2.04. The summed E-state index contributed by atoms with van der Waals surface area (Å²) in [5.74, 6) is 0.401. The lowest BCUT2D eigenvalue weighted by Crippen LogP contribution is -2.23. The second-order valence-corrected chi connectivity index (χ2v) is 6.97. The predicted octanol–water partition coefficient (Wildman–Crippen LogP) is 1.77. The molecule has 0 aliphatic rings. The zero-order valence-corrected chi connectivity index (χ0v) is 13.4. The number of carbonyl (C=O) groups excluding carboxylic acids is 1.